The standard InChI is InChI=1S/C20H15IN2S/c1-3-7-16(8-4-1)19-18(15-11-13-21-14-12-15)23-20(24-19)22-17-9-5-2-6-10-17/h1-14H,(H,22,23). The predicted octanol–water partition coefficient (Wildman–Crippen LogP) is 6.24. The Kier molecular flexibility index (Phi) is 4.66. The summed E-state index contributed by atoms with van der Waals surface area (Å²) in [5.74, 6) is 0. The lowest BCUT2D eigenvalue weighted by Gasteiger charge is -2.04. The van der Waals surface area contributed by atoms with Gasteiger partial charge in [-0.25, -0.2) is 4.98 Å². The fourth-order valence-electron chi connectivity index (χ4n) is 2.46. The predicted molar refractivity (Wildman–Crippen MR) is 114 cm³/mol. The molecule has 0 radical (unpaired) electrons. The van der Waals surface area contributed by atoms with E-state index in [1.807, 2.05) is 24.3 Å². The van der Waals surface area contributed by atoms with Gasteiger partial charge in [0.25, 0.3) is 0 Å². The molecule has 3 aromatic rings. The Hall–Kier alpha value is -2.05. The minimum atomic E-state index is 0.0748. The second-order valence-corrected chi connectivity index (χ2v) is 8.38. The van der Waals surface area contributed by atoms with Gasteiger partial charge in [-0.05, 0) is 37.9 Å². The highest BCUT2D eigenvalue weighted by Crippen LogP contribution is 2.38. The Morgan fingerprint density at radius 3 is 2.38 bits per heavy atom. The van der Waals surface area contributed by atoms with E-state index in [2.05, 4.69) is 62.0 Å². The van der Waals surface area contributed by atoms with E-state index in [0.29, 0.717) is 0 Å². The maximum absolute atomic E-state index is 4.89. The van der Waals surface area contributed by atoms with E-state index < -0.39 is 0 Å². The van der Waals surface area contributed by atoms with Crippen LogP contribution in [0.4, 0.5) is 10.8 Å². The van der Waals surface area contributed by atoms with Crippen LogP contribution in [0, 0.1) is 0 Å². The molecular weight excluding hydrogens is 427 g/mol. The van der Waals surface area contributed by atoms with Crippen molar-refractivity contribution in [1.29, 1.82) is 0 Å². The van der Waals surface area contributed by atoms with Gasteiger partial charge in [0.2, 0.25) is 0 Å². The van der Waals surface area contributed by atoms with E-state index in [1.165, 1.54) is 16.0 Å². The molecule has 2 aromatic carbocycles. The quantitative estimate of drug-likeness (QED) is 0.484. The summed E-state index contributed by atoms with van der Waals surface area (Å²) in [7, 11) is 0. The molecule has 0 fully saturated rings. The lowest BCUT2D eigenvalue weighted by Crippen LogP contribution is -1.91. The van der Waals surface area contributed by atoms with Crippen LogP contribution in [0.3, 0.4) is 0 Å². The number of para-hydroxylation sites is 1. The van der Waals surface area contributed by atoms with Gasteiger partial charge in [-0.2, -0.15) is 0 Å². The number of benzene rings is 2. The second-order valence-electron chi connectivity index (χ2n) is 5.22. The largest absolute Gasteiger partial charge is 0.332 e. The van der Waals surface area contributed by atoms with Crippen LogP contribution >= 0.6 is 32.1 Å². The first-order valence-electron chi connectivity index (χ1n) is 7.61. The van der Waals surface area contributed by atoms with Crippen LogP contribution < -0.4 is 5.32 Å². The molecule has 24 heavy (non-hydrogen) atoms. The summed E-state index contributed by atoms with van der Waals surface area (Å²) in [6.07, 6.45) is 4.42. The zero-order chi connectivity index (χ0) is 16.2. The molecule has 0 amide bonds. The Balaban J connectivity index is 1.77. The summed E-state index contributed by atoms with van der Waals surface area (Å²) in [4.78, 5) is 6.09. The molecule has 0 spiro atoms. The van der Waals surface area contributed by atoms with Crippen molar-refractivity contribution in [2.75, 3.05) is 5.32 Å². The second kappa shape index (κ2) is 7.23. The summed E-state index contributed by atoms with van der Waals surface area (Å²) < 4.78 is 4.57. The topological polar surface area (TPSA) is 24.9 Å². The number of nitrogens with one attached hydrogen (secondary N) is 1. The summed E-state index contributed by atoms with van der Waals surface area (Å²) in [5.41, 5.74) is 4.52. The van der Waals surface area contributed by atoms with Gasteiger partial charge in [0.15, 0.2) is 5.13 Å². The SMILES string of the molecule is C1=CC(c2nc(Nc3ccccc3)sc2-c2ccccc2)=CC=I1. The van der Waals surface area contributed by atoms with Crippen LogP contribution in [-0.4, -0.2) is 9.00 Å². The maximum Gasteiger partial charge on any atom is 0.188 e. The van der Waals surface area contributed by atoms with Gasteiger partial charge in [-0.3, -0.25) is 0 Å². The minimum absolute atomic E-state index is 0.0748. The molecular formula is C20H15IN2S. The number of halogens is 1. The Bertz CT molecular complexity index is 925. The zero-order valence-corrected chi connectivity index (χ0v) is 15.8. The van der Waals surface area contributed by atoms with E-state index in [-0.39, 0.29) is 20.7 Å². The molecule has 0 saturated carbocycles. The molecule has 1 aromatic heterocycles. The smallest absolute Gasteiger partial charge is 0.188 e. The van der Waals surface area contributed by atoms with Crippen molar-refractivity contribution in [2.45, 2.75) is 0 Å². The highest BCUT2D eigenvalue weighted by molar-refractivity contribution is 14.2. The molecule has 0 atom stereocenters. The molecule has 0 aliphatic carbocycles. The van der Waals surface area contributed by atoms with E-state index in [1.54, 1.807) is 11.3 Å². The van der Waals surface area contributed by atoms with Crippen molar-refractivity contribution in [3.8, 4) is 10.4 Å². The van der Waals surface area contributed by atoms with Gasteiger partial charge in [0.05, 0.1) is 10.6 Å². The average Bonchev–Trinajstić information content (AvgIpc) is 3.08. The van der Waals surface area contributed by atoms with Crippen molar-refractivity contribution in [2.24, 2.45) is 0 Å². The molecule has 4 rings (SSSR count). The molecule has 0 saturated heterocycles. The molecule has 2 nitrogen and oxygen atoms in total. The van der Waals surface area contributed by atoms with Crippen LogP contribution in [-0.2, 0) is 0 Å². The third kappa shape index (κ3) is 3.39. The monoisotopic (exact) mass is 442 g/mol. The third-order valence-electron chi connectivity index (χ3n) is 3.59. The van der Waals surface area contributed by atoms with E-state index in [9.17, 15) is 0 Å². The molecule has 1 aliphatic heterocycles. The van der Waals surface area contributed by atoms with E-state index in [4.69, 9.17) is 4.98 Å². The van der Waals surface area contributed by atoms with Gasteiger partial charge in [0, 0.05) is 11.3 Å². The van der Waals surface area contributed by atoms with Crippen LogP contribution in [0.15, 0.2) is 76.9 Å². The lowest BCUT2D eigenvalue weighted by molar-refractivity contribution is 1.34. The highest BCUT2D eigenvalue weighted by atomic mass is 127. The van der Waals surface area contributed by atoms with Crippen molar-refractivity contribution in [3.05, 3.63) is 82.6 Å². The van der Waals surface area contributed by atoms with Crippen molar-refractivity contribution >= 4 is 52.5 Å². The van der Waals surface area contributed by atoms with Gasteiger partial charge in [-0.1, -0.05) is 80.6 Å². The number of hydrogen-bond acceptors (Lipinski definition) is 3. The van der Waals surface area contributed by atoms with Gasteiger partial charge >= 0.3 is 0 Å². The van der Waals surface area contributed by atoms with E-state index >= 15 is 0 Å². The highest BCUT2D eigenvalue weighted by Gasteiger charge is 2.16. The molecule has 1 aliphatic rings. The fraction of sp³-hybridized carbons (Fsp3) is 0. The van der Waals surface area contributed by atoms with Crippen LogP contribution in [0.5, 0.6) is 0 Å². The number of nitrogens with zero attached hydrogens (tertiary/aromatic N) is 1. The van der Waals surface area contributed by atoms with Crippen molar-refractivity contribution in [3.63, 3.8) is 0 Å². The molecule has 0 bridgehead atoms. The third-order valence-corrected chi connectivity index (χ3v) is 6.16. The Morgan fingerprint density at radius 2 is 1.67 bits per heavy atom. The van der Waals surface area contributed by atoms with Crippen LogP contribution in [0.25, 0.3) is 16.0 Å². The fourth-order valence-corrected chi connectivity index (χ4v) is 4.91. The van der Waals surface area contributed by atoms with Gasteiger partial charge in [-0.15, -0.1) is 0 Å². The number of anilines is 2. The first kappa shape index (κ1) is 15.5. The van der Waals surface area contributed by atoms with E-state index in [0.717, 1.165) is 16.5 Å². The van der Waals surface area contributed by atoms with Crippen molar-refractivity contribution in [1.82, 2.24) is 4.98 Å². The van der Waals surface area contributed by atoms with Crippen LogP contribution in [0.2, 0.25) is 0 Å². The average molecular weight is 442 g/mol. The molecule has 0 unspecified atom stereocenters. The molecule has 2 heterocycles. The summed E-state index contributed by atoms with van der Waals surface area (Å²) in [6, 6.07) is 20.7. The maximum atomic E-state index is 4.89. The number of allylic oxidation sites excluding steroid dienone is 3. The number of hydrogen-bond donors (Lipinski definition) is 1. The van der Waals surface area contributed by atoms with Crippen molar-refractivity contribution < 1.29 is 0 Å². The van der Waals surface area contributed by atoms with Gasteiger partial charge < -0.3 is 5.32 Å². The number of thiazole rings is 1. The molecule has 4 heteroatoms. The first-order valence-corrected chi connectivity index (χ1v) is 10.9. The first-order chi connectivity index (χ1) is 11.9. The minimum Gasteiger partial charge on any atom is -0.332 e. The molecule has 118 valence electrons. The summed E-state index contributed by atoms with van der Waals surface area (Å²) in [6.45, 7) is 0. The molecule has 1 N–H and O–H groups in total. The Morgan fingerprint density at radius 1 is 0.917 bits per heavy atom. The number of aromatic nitrogens is 1. The summed E-state index contributed by atoms with van der Waals surface area (Å²) in [5, 5.41) is 4.35. The Labute approximate surface area is 155 Å². The number of rotatable bonds is 4. The lowest BCUT2D eigenvalue weighted by atomic mass is 10.1. The van der Waals surface area contributed by atoms with Crippen LogP contribution in [0.1, 0.15) is 5.69 Å². The normalized spacial score (nSPS) is 13.2. The van der Waals surface area contributed by atoms with Gasteiger partial charge in [0.1, 0.15) is 0 Å². The zero-order valence-electron chi connectivity index (χ0n) is 12.8. The summed E-state index contributed by atoms with van der Waals surface area (Å²) >= 11 is 1.77.